The molecule has 0 aliphatic carbocycles. The van der Waals surface area contributed by atoms with E-state index in [1.54, 1.807) is 20.8 Å². The first-order valence-electron chi connectivity index (χ1n) is 10.4. The van der Waals surface area contributed by atoms with Crippen molar-refractivity contribution in [1.82, 2.24) is 5.32 Å². The molecule has 0 saturated carbocycles. The molecule has 0 aromatic heterocycles. The highest BCUT2D eigenvalue weighted by molar-refractivity contribution is 5.81. The van der Waals surface area contributed by atoms with Gasteiger partial charge in [0.1, 0.15) is 18.2 Å². The number of hydrogen-bond acceptors (Lipinski definition) is 4. The Balaban J connectivity index is 2.07. The summed E-state index contributed by atoms with van der Waals surface area (Å²) in [6.45, 7) is 9.85. The lowest BCUT2D eigenvalue weighted by atomic mass is 9.99. The summed E-state index contributed by atoms with van der Waals surface area (Å²) >= 11 is 0. The van der Waals surface area contributed by atoms with Crippen LogP contribution in [0.25, 0.3) is 0 Å². The Morgan fingerprint density at radius 3 is 1.97 bits per heavy atom. The minimum Gasteiger partial charge on any atom is -0.459 e. The van der Waals surface area contributed by atoms with Crippen molar-refractivity contribution in [2.24, 2.45) is 5.92 Å². The molecule has 5 heteroatoms. The maximum absolute atomic E-state index is 12.7. The quantitative estimate of drug-likeness (QED) is 0.617. The first-order chi connectivity index (χ1) is 14.1. The summed E-state index contributed by atoms with van der Waals surface area (Å²) in [6.07, 6.45) is 0.689. The zero-order chi connectivity index (χ0) is 22.1. The van der Waals surface area contributed by atoms with Crippen LogP contribution in [0.3, 0.4) is 0 Å². The zero-order valence-corrected chi connectivity index (χ0v) is 18.6. The molecule has 30 heavy (non-hydrogen) atoms. The van der Waals surface area contributed by atoms with Gasteiger partial charge in [0.15, 0.2) is 0 Å². The van der Waals surface area contributed by atoms with Crippen molar-refractivity contribution in [3.63, 3.8) is 0 Å². The summed E-state index contributed by atoms with van der Waals surface area (Å²) in [4.78, 5) is 25.0. The highest BCUT2D eigenvalue weighted by atomic mass is 16.6. The SMILES string of the molecule is CC(C)Cc1ccc(CC(NC(=O)OC(C)(C)C)C(=O)OCc2ccccc2)cc1. The van der Waals surface area contributed by atoms with Crippen molar-refractivity contribution in [1.29, 1.82) is 0 Å². The number of hydrogen-bond donors (Lipinski definition) is 1. The summed E-state index contributed by atoms with van der Waals surface area (Å²) in [5.41, 5.74) is 2.43. The van der Waals surface area contributed by atoms with Crippen LogP contribution in [0.5, 0.6) is 0 Å². The topological polar surface area (TPSA) is 64.6 Å². The fraction of sp³-hybridized carbons (Fsp3) is 0.440. The molecular formula is C25H33NO4. The summed E-state index contributed by atoms with van der Waals surface area (Å²) in [7, 11) is 0. The number of ether oxygens (including phenoxy) is 2. The number of amides is 1. The molecule has 0 radical (unpaired) electrons. The Morgan fingerprint density at radius 2 is 1.43 bits per heavy atom. The molecule has 1 unspecified atom stereocenters. The van der Waals surface area contributed by atoms with Gasteiger partial charge in [0.2, 0.25) is 0 Å². The number of rotatable bonds is 8. The van der Waals surface area contributed by atoms with Gasteiger partial charge in [-0.1, -0.05) is 68.4 Å². The van der Waals surface area contributed by atoms with Gasteiger partial charge < -0.3 is 14.8 Å². The molecule has 162 valence electrons. The molecule has 1 amide bonds. The highest BCUT2D eigenvalue weighted by Gasteiger charge is 2.26. The fourth-order valence-corrected chi connectivity index (χ4v) is 2.99. The number of nitrogens with one attached hydrogen (secondary N) is 1. The molecule has 0 aliphatic heterocycles. The van der Waals surface area contributed by atoms with Crippen molar-refractivity contribution in [2.45, 2.75) is 65.7 Å². The van der Waals surface area contributed by atoms with Crippen molar-refractivity contribution >= 4 is 12.1 Å². The van der Waals surface area contributed by atoms with Crippen molar-refractivity contribution in [2.75, 3.05) is 0 Å². The number of carbonyl (C=O) groups excluding carboxylic acids is 2. The van der Waals surface area contributed by atoms with Crippen molar-refractivity contribution in [3.05, 3.63) is 71.3 Å². The molecule has 0 spiro atoms. The van der Waals surface area contributed by atoms with Crippen molar-refractivity contribution in [3.8, 4) is 0 Å². The van der Waals surface area contributed by atoms with Crippen LogP contribution in [0.15, 0.2) is 54.6 Å². The van der Waals surface area contributed by atoms with Gasteiger partial charge in [0.25, 0.3) is 0 Å². The number of carbonyl (C=O) groups is 2. The zero-order valence-electron chi connectivity index (χ0n) is 18.6. The van der Waals surface area contributed by atoms with E-state index in [9.17, 15) is 9.59 Å². The summed E-state index contributed by atoms with van der Waals surface area (Å²) in [5.74, 6) is 0.0846. The van der Waals surface area contributed by atoms with Crippen LogP contribution in [0, 0.1) is 5.92 Å². The number of esters is 1. The summed E-state index contributed by atoms with van der Waals surface area (Å²) in [6, 6.07) is 16.7. The van der Waals surface area contributed by atoms with E-state index in [-0.39, 0.29) is 6.61 Å². The first kappa shape index (κ1) is 23.5. The third kappa shape index (κ3) is 8.68. The third-order valence-electron chi connectivity index (χ3n) is 4.31. The minimum absolute atomic E-state index is 0.152. The van der Waals surface area contributed by atoms with E-state index < -0.39 is 23.7 Å². The predicted molar refractivity (Wildman–Crippen MR) is 118 cm³/mol. The van der Waals surface area contributed by atoms with Crippen LogP contribution in [0.4, 0.5) is 4.79 Å². The average Bonchev–Trinajstić information content (AvgIpc) is 2.66. The van der Waals surface area contributed by atoms with Gasteiger partial charge in [-0.2, -0.15) is 0 Å². The minimum atomic E-state index is -0.834. The van der Waals surface area contributed by atoms with E-state index in [4.69, 9.17) is 9.47 Å². The second-order valence-corrected chi connectivity index (χ2v) is 8.91. The van der Waals surface area contributed by atoms with E-state index in [0.29, 0.717) is 12.3 Å². The van der Waals surface area contributed by atoms with E-state index in [1.165, 1.54) is 5.56 Å². The number of benzene rings is 2. The van der Waals surface area contributed by atoms with Gasteiger partial charge in [-0.05, 0) is 49.8 Å². The van der Waals surface area contributed by atoms with Crippen LogP contribution in [0.2, 0.25) is 0 Å². The maximum Gasteiger partial charge on any atom is 0.408 e. The maximum atomic E-state index is 12.7. The van der Waals surface area contributed by atoms with E-state index in [1.807, 2.05) is 42.5 Å². The van der Waals surface area contributed by atoms with Gasteiger partial charge in [-0.25, -0.2) is 9.59 Å². The first-order valence-corrected chi connectivity index (χ1v) is 10.4. The molecule has 0 saturated heterocycles. The Bertz CT molecular complexity index is 807. The van der Waals surface area contributed by atoms with Crippen molar-refractivity contribution < 1.29 is 19.1 Å². The lowest BCUT2D eigenvalue weighted by Gasteiger charge is -2.23. The van der Waals surface area contributed by atoms with Gasteiger partial charge >= 0.3 is 12.1 Å². The highest BCUT2D eigenvalue weighted by Crippen LogP contribution is 2.13. The molecule has 0 fully saturated rings. The second kappa shape index (κ2) is 10.8. The van der Waals surface area contributed by atoms with Gasteiger partial charge in [-0.15, -0.1) is 0 Å². The molecule has 2 aromatic rings. The molecule has 2 aromatic carbocycles. The second-order valence-electron chi connectivity index (χ2n) is 8.91. The Kier molecular flexibility index (Phi) is 8.46. The lowest BCUT2D eigenvalue weighted by Crippen LogP contribution is -2.45. The lowest BCUT2D eigenvalue weighted by molar-refractivity contribution is -0.147. The summed E-state index contributed by atoms with van der Waals surface area (Å²) in [5, 5.41) is 2.67. The Labute approximate surface area is 179 Å². The van der Waals surface area contributed by atoms with Crippen LogP contribution >= 0.6 is 0 Å². The smallest absolute Gasteiger partial charge is 0.408 e. The Hall–Kier alpha value is -2.82. The normalized spacial score (nSPS) is 12.3. The van der Waals surface area contributed by atoms with E-state index in [0.717, 1.165) is 17.5 Å². The summed E-state index contributed by atoms with van der Waals surface area (Å²) < 4.78 is 10.8. The molecular weight excluding hydrogens is 378 g/mol. The third-order valence-corrected chi connectivity index (χ3v) is 4.31. The Morgan fingerprint density at radius 1 is 0.867 bits per heavy atom. The predicted octanol–water partition coefficient (Wildman–Crippen LogP) is 5.06. The van der Waals surface area contributed by atoms with Crippen LogP contribution in [-0.4, -0.2) is 23.7 Å². The molecule has 1 N–H and O–H groups in total. The molecule has 0 heterocycles. The molecule has 0 bridgehead atoms. The molecule has 2 rings (SSSR count). The van der Waals surface area contributed by atoms with Crippen LogP contribution in [0.1, 0.15) is 51.3 Å². The van der Waals surface area contributed by atoms with E-state index >= 15 is 0 Å². The standard InChI is InChI=1S/C25H33NO4/c1-18(2)15-19-11-13-20(14-12-19)16-22(26-24(28)30-25(3,4)5)23(27)29-17-21-9-7-6-8-10-21/h6-14,18,22H,15-17H2,1-5H3,(H,26,28). The fourth-order valence-electron chi connectivity index (χ4n) is 2.99. The molecule has 5 nitrogen and oxygen atoms in total. The largest absolute Gasteiger partial charge is 0.459 e. The monoisotopic (exact) mass is 411 g/mol. The van der Waals surface area contributed by atoms with Crippen LogP contribution in [-0.2, 0) is 33.7 Å². The van der Waals surface area contributed by atoms with Gasteiger partial charge in [0.05, 0.1) is 0 Å². The van der Waals surface area contributed by atoms with E-state index in [2.05, 4.69) is 31.3 Å². The van der Waals surface area contributed by atoms with Crippen LogP contribution < -0.4 is 5.32 Å². The average molecular weight is 412 g/mol. The van der Waals surface area contributed by atoms with Gasteiger partial charge in [-0.3, -0.25) is 0 Å². The molecule has 1 atom stereocenters. The molecule has 0 aliphatic rings. The van der Waals surface area contributed by atoms with Gasteiger partial charge in [0, 0.05) is 6.42 Å². The number of alkyl carbamates (subject to hydrolysis) is 1.